The average molecular weight is 449 g/mol. The van der Waals surface area contributed by atoms with E-state index in [0.717, 1.165) is 34.7 Å². The Morgan fingerprint density at radius 1 is 1.12 bits per heavy atom. The van der Waals surface area contributed by atoms with Gasteiger partial charge in [0.05, 0.1) is 30.3 Å². The van der Waals surface area contributed by atoms with Crippen molar-refractivity contribution >= 4 is 0 Å². The predicted octanol–water partition coefficient (Wildman–Crippen LogP) is 7.13. The smallest absolute Gasteiger partial charge is 0.134 e. The molecule has 2 heterocycles. The van der Waals surface area contributed by atoms with E-state index in [1.54, 1.807) is 7.11 Å². The molecule has 0 bridgehead atoms. The average Bonchev–Trinajstić information content (AvgIpc) is 3.22. The molecule has 3 aromatic rings. The zero-order valence-electron chi connectivity index (χ0n) is 20.7. The molecule has 5 heteroatoms. The molecule has 33 heavy (non-hydrogen) atoms. The van der Waals surface area contributed by atoms with Crippen LogP contribution in [0, 0.1) is 0 Å². The lowest BCUT2D eigenvalue weighted by molar-refractivity contribution is 0.105. The fraction of sp³-hybridized carbons (Fsp3) is 0.464. The number of hydrogen-bond acceptors (Lipinski definition) is 4. The molecule has 0 amide bonds. The summed E-state index contributed by atoms with van der Waals surface area (Å²) in [6, 6.07) is 11.8. The van der Waals surface area contributed by atoms with E-state index in [9.17, 15) is 5.11 Å². The lowest BCUT2D eigenvalue weighted by Crippen LogP contribution is -2.29. The van der Waals surface area contributed by atoms with Crippen LogP contribution in [0.2, 0.25) is 0 Å². The normalized spacial score (nSPS) is 14.4. The molecule has 0 unspecified atom stereocenters. The summed E-state index contributed by atoms with van der Waals surface area (Å²) in [6.07, 6.45) is 7.82. The third kappa shape index (κ3) is 4.33. The Bertz CT molecular complexity index is 1140. The summed E-state index contributed by atoms with van der Waals surface area (Å²) < 4.78 is 13.7. The first-order valence-electron chi connectivity index (χ1n) is 12.0. The molecule has 1 aromatic heterocycles. The number of nitrogens with zero attached hydrogens (tertiary/aromatic N) is 2. The second-order valence-corrected chi connectivity index (χ2v) is 10.2. The monoisotopic (exact) mass is 448 g/mol. The van der Waals surface area contributed by atoms with Gasteiger partial charge in [-0.25, -0.2) is 4.68 Å². The van der Waals surface area contributed by atoms with Gasteiger partial charge in [-0.05, 0) is 55.5 Å². The second kappa shape index (κ2) is 8.77. The number of aromatic hydroxyl groups is 1. The number of hydrogen-bond donors (Lipinski definition) is 1. The van der Waals surface area contributed by atoms with Gasteiger partial charge in [-0.3, -0.25) is 0 Å². The van der Waals surface area contributed by atoms with Crippen LogP contribution in [0.15, 0.2) is 42.6 Å². The van der Waals surface area contributed by atoms with Crippen molar-refractivity contribution in [2.24, 2.45) is 0 Å². The standard InChI is InChI=1S/C28H36N2O3/c1-7-8-9-10-14-27(2,3)19-15-23(31)25-24(16-19)33-28(4,5)22-18-29-30(26(22)25)20-12-11-13-21(17-20)32-6/h11-13,15-18,31H,7-10,14H2,1-6H3. The van der Waals surface area contributed by atoms with Crippen molar-refractivity contribution in [1.82, 2.24) is 9.78 Å². The van der Waals surface area contributed by atoms with Gasteiger partial charge in [0.15, 0.2) is 0 Å². The number of rotatable bonds is 8. The molecule has 1 N–H and O–H groups in total. The summed E-state index contributed by atoms with van der Waals surface area (Å²) in [5.74, 6) is 1.69. The van der Waals surface area contributed by atoms with Crippen molar-refractivity contribution < 1.29 is 14.6 Å². The van der Waals surface area contributed by atoms with Gasteiger partial charge in [0.25, 0.3) is 0 Å². The van der Waals surface area contributed by atoms with Gasteiger partial charge in [-0.2, -0.15) is 5.10 Å². The Kier molecular flexibility index (Phi) is 6.17. The van der Waals surface area contributed by atoms with Crippen LogP contribution >= 0.6 is 0 Å². The van der Waals surface area contributed by atoms with Crippen LogP contribution in [-0.2, 0) is 11.0 Å². The number of benzene rings is 2. The summed E-state index contributed by atoms with van der Waals surface area (Å²) in [7, 11) is 1.65. The predicted molar refractivity (Wildman–Crippen MR) is 133 cm³/mol. The van der Waals surface area contributed by atoms with Gasteiger partial charge in [0.1, 0.15) is 22.8 Å². The minimum Gasteiger partial charge on any atom is -0.507 e. The second-order valence-electron chi connectivity index (χ2n) is 10.2. The van der Waals surface area contributed by atoms with E-state index < -0.39 is 5.60 Å². The summed E-state index contributed by atoms with van der Waals surface area (Å²) in [4.78, 5) is 0. The molecular weight excluding hydrogens is 412 g/mol. The minimum absolute atomic E-state index is 0.0545. The highest BCUT2D eigenvalue weighted by molar-refractivity contribution is 5.81. The lowest BCUT2D eigenvalue weighted by atomic mass is 9.78. The number of unbranched alkanes of at least 4 members (excludes halogenated alkanes) is 3. The molecule has 0 saturated heterocycles. The van der Waals surface area contributed by atoms with Crippen LogP contribution in [0.1, 0.15) is 77.8 Å². The topological polar surface area (TPSA) is 56.5 Å². The first-order valence-corrected chi connectivity index (χ1v) is 12.0. The molecule has 0 saturated carbocycles. The number of phenols is 1. The highest BCUT2D eigenvalue weighted by Crippen LogP contribution is 2.51. The van der Waals surface area contributed by atoms with Gasteiger partial charge < -0.3 is 14.6 Å². The Labute approximate surface area is 197 Å². The van der Waals surface area contributed by atoms with Gasteiger partial charge in [-0.15, -0.1) is 0 Å². The molecule has 0 spiro atoms. The fourth-order valence-corrected chi connectivity index (χ4v) is 4.75. The van der Waals surface area contributed by atoms with Crippen molar-refractivity contribution in [3.05, 3.63) is 53.7 Å². The number of phenolic OH excluding ortho intramolecular Hbond substituents is 1. The summed E-state index contributed by atoms with van der Waals surface area (Å²) >= 11 is 0. The third-order valence-electron chi connectivity index (χ3n) is 6.84. The maximum atomic E-state index is 11.3. The molecule has 0 fully saturated rings. The first-order chi connectivity index (χ1) is 15.7. The van der Waals surface area contributed by atoms with E-state index >= 15 is 0 Å². The SMILES string of the molecule is CCCCCCC(C)(C)c1cc(O)c2c(c1)OC(C)(C)c1cnn(-c3cccc(OC)c3)c1-2. The van der Waals surface area contributed by atoms with E-state index in [2.05, 4.69) is 31.9 Å². The molecule has 2 aromatic carbocycles. The molecule has 4 rings (SSSR count). The number of fused-ring (bicyclic) bond motifs is 3. The minimum atomic E-state index is -0.574. The zero-order chi connectivity index (χ0) is 23.8. The van der Waals surface area contributed by atoms with E-state index in [1.807, 2.05) is 55.1 Å². The Morgan fingerprint density at radius 2 is 1.91 bits per heavy atom. The highest BCUT2D eigenvalue weighted by Gasteiger charge is 2.39. The summed E-state index contributed by atoms with van der Waals surface area (Å²) in [5.41, 5.74) is 3.84. The summed E-state index contributed by atoms with van der Waals surface area (Å²) in [6.45, 7) is 10.8. The van der Waals surface area contributed by atoms with Gasteiger partial charge in [0, 0.05) is 11.6 Å². The Hall–Kier alpha value is -2.95. The van der Waals surface area contributed by atoms with Crippen molar-refractivity contribution in [3.63, 3.8) is 0 Å². The molecule has 0 radical (unpaired) electrons. The molecule has 5 nitrogen and oxygen atoms in total. The highest BCUT2D eigenvalue weighted by atomic mass is 16.5. The maximum absolute atomic E-state index is 11.3. The van der Waals surface area contributed by atoms with Crippen LogP contribution in [-0.4, -0.2) is 22.0 Å². The maximum Gasteiger partial charge on any atom is 0.134 e. The zero-order valence-corrected chi connectivity index (χ0v) is 20.7. The van der Waals surface area contributed by atoms with E-state index in [0.29, 0.717) is 11.3 Å². The molecule has 1 aliphatic heterocycles. The largest absolute Gasteiger partial charge is 0.507 e. The van der Waals surface area contributed by atoms with E-state index in [4.69, 9.17) is 9.47 Å². The third-order valence-corrected chi connectivity index (χ3v) is 6.84. The van der Waals surface area contributed by atoms with Crippen LogP contribution in [0.5, 0.6) is 17.2 Å². The summed E-state index contributed by atoms with van der Waals surface area (Å²) in [5, 5.41) is 16.0. The number of aromatic nitrogens is 2. The van der Waals surface area contributed by atoms with E-state index in [-0.39, 0.29) is 11.2 Å². The van der Waals surface area contributed by atoms with Crippen molar-refractivity contribution in [2.75, 3.05) is 7.11 Å². The van der Waals surface area contributed by atoms with Crippen molar-refractivity contribution in [1.29, 1.82) is 0 Å². The number of methoxy groups -OCH3 is 1. The molecule has 0 aliphatic carbocycles. The van der Waals surface area contributed by atoms with Gasteiger partial charge in [0.2, 0.25) is 0 Å². The fourth-order valence-electron chi connectivity index (χ4n) is 4.75. The molecular formula is C28H36N2O3. The van der Waals surface area contributed by atoms with Crippen molar-refractivity contribution in [2.45, 2.75) is 77.7 Å². The molecule has 176 valence electrons. The van der Waals surface area contributed by atoms with Crippen LogP contribution in [0.4, 0.5) is 0 Å². The van der Waals surface area contributed by atoms with Crippen LogP contribution in [0.3, 0.4) is 0 Å². The molecule has 0 atom stereocenters. The Balaban J connectivity index is 1.80. The van der Waals surface area contributed by atoms with Gasteiger partial charge in [-0.1, -0.05) is 52.5 Å². The lowest BCUT2D eigenvalue weighted by Gasteiger charge is -2.35. The van der Waals surface area contributed by atoms with Crippen LogP contribution in [0.25, 0.3) is 16.9 Å². The first kappa shape index (κ1) is 23.2. The van der Waals surface area contributed by atoms with Crippen LogP contribution < -0.4 is 9.47 Å². The van der Waals surface area contributed by atoms with Gasteiger partial charge >= 0.3 is 0 Å². The van der Waals surface area contributed by atoms with Crippen molar-refractivity contribution in [3.8, 4) is 34.2 Å². The Morgan fingerprint density at radius 3 is 2.64 bits per heavy atom. The molecule has 1 aliphatic rings. The quantitative estimate of drug-likeness (QED) is 0.372. The van der Waals surface area contributed by atoms with E-state index in [1.165, 1.54) is 25.7 Å². The number of ether oxygens (including phenoxy) is 2.